The number of carbonyl (C=O) groups is 1. The zero-order valence-electron chi connectivity index (χ0n) is 16.4. The molecular formula is C20H22N6O2. The number of anilines is 1. The van der Waals surface area contributed by atoms with E-state index in [4.69, 9.17) is 11.3 Å². The molecule has 3 heterocycles. The molecule has 28 heavy (non-hydrogen) atoms. The van der Waals surface area contributed by atoms with Gasteiger partial charge in [0.05, 0.1) is 23.8 Å². The van der Waals surface area contributed by atoms with E-state index in [-0.39, 0.29) is 17.9 Å². The van der Waals surface area contributed by atoms with E-state index in [1.807, 2.05) is 18.4 Å². The van der Waals surface area contributed by atoms with Crippen LogP contribution in [0.5, 0.6) is 5.75 Å². The van der Waals surface area contributed by atoms with Crippen molar-refractivity contribution in [1.29, 1.82) is 0 Å². The highest BCUT2D eigenvalue weighted by Gasteiger charge is 2.30. The third-order valence-corrected chi connectivity index (χ3v) is 5.03. The summed E-state index contributed by atoms with van der Waals surface area (Å²) in [5.74, 6) is 1.12. The number of nitrogens with one attached hydrogen (secondary N) is 1. The topological polar surface area (TPSA) is 78.3 Å². The van der Waals surface area contributed by atoms with Crippen molar-refractivity contribution in [3.63, 3.8) is 0 Å². The van der Waals surface area contributed by atoms with Crippen LogP contribution in [-0.2, 0) is 6.54 Å². The molecule has 0 unspecified atom stereocenters. The maximum absolute atomic E-state index is 12.9. The predicted octanol–water partition coefficient (Wildman–Crippen LogP) is 3.95. The van der Waals surface area contributed by atoms with Crippen molar-refractivity contribution < 1.29 is 9.53 Å². The SMILES string of the molecule is [C-]#[N+]c1cc2c3c(c1)nc(NC(=O)c1cc(C)nn1CC)n3[C@@H](C(C)C)CO2. The number of hydrogen-bond donors (Lipinski definition) is 1. The van der Waals surface area contributed by atoms with Gasteiger partial charge in [0.15, 0.2) is 5.69 Å². The van der Waals surface area contributed by atoms with Crippen molar-refractivity contribution in [3.05, 3.63) is 41.0 Å². The minimum absolute atomic E-state index is 0.0319. The lowest BCUT2D eigenvalue weighted by Crippen LogP contribution is -2.28. The number of imidazole rings is 1. The molecule has 1 aromatic carbocycles. The van der Waals surface area contributed by atoms with E-state index >= 15 is 0 Å². The van der Waals surface area contributed by atoms with E-state index in [1.165, 1.54) is 0 Å². The molecule has 144 valence electrons. The Morgan fingerprint density at radius 2 is 2.21 bits per heavy atom. The lowest BCUT2D eigenvalue weighted by atomic mass is 10.0. The minimum atomic E-state index is -0.255. The van der Waals surface area contributed by atoms with Gasteiger partial charge in [-0.05, 0) is 38.0 Å². The van der Waals surface area contributed by atoms with E-state index in [0.717, 1.165) is 11.2 Å². The molecule has 0 radical (unpaired) electrons. The van der Waals surface area contributed by atoms with Gasteiger partial charge in [-0.3, -0.25) is 14.8 Å². The van der Waals surface area contributed by atoms with Crippen LogP contribution in [0.2, 0.25) is 0 Å². The Morgan fingerprint density at radius 1 is 1.43 bits per heavy atom. The molecular weight excluding hydrogens is 356 g/mol. The molecule has 0 fully saturated rings. The van der Waals surface area contributed by atoms with Gasteiger partial charge in [0.1, 0.15) is 23.6 Å². The van der Waals surface area contributed by atoms with Gasteiger partial charge in [0, 0.05) is 6.54 Å². The van der Waals surface area contributed by atoms with Crippen molar-refractivity contribution in [1.82, 2.24) is 19.3 Å². The molecule has 1 amide bonds. The van der Waals surface area contributed by atoms with E-state index < -0.39 is 0 Å². The molecule has 0 saturated carbocycles. The first-order valence-corrected chi connectivity index (χ1v) is 9.35. The Bertz CT molecular complexity index is 1120. The number of nitrogens with zero attached hydrogens (tertiary/aromatic N) is 5. The van der Waals surface area contributed by atoms with E-state index in [0.29, 0.717) is 41.7 Å². The maximum atomic E-state index is 12.9. The number of carbonyl (C=O) groups excluding carboxylic acids is 1. The van der Waals surface area contributed by atoms with Gasteiger partial charge in [-0.1, -0.05) is 13.8 Å². The molecule has 8 heteroatoms. The zero-order chi connectivity index (χ0) is 20.0. The van der Waals surface area contributed by atoms with Crippen molar-refractivity contribution >= 4 is 28.6 Å². The van der Waals surface area contributed by atoms with Gasteiger partial charge in [-0.15, -0.1) is 0 Å². The monoisotopic (exact) mass is 378 g/mol. The number of ether oxygens (including phenoxy) is 1. The zero-order valence-corrected chi connectivity index (χ0v) is 16.4. The number of hydrogen-bond acceptors (Lipinski definition) is 4. The van der Waals surface area contributed by atoms with Crippen LogP contribution in [0.3, 0.4) is 0 Å². The molecule has 0 saturated heterocycles. The summed E-state index contributed by atoms with van der Waals surface area (Å²) in [5.41, 5.74) is 3.21. The number of benzene rings is 1. The Hall–Kier alpha value is -3.34. The largest absolute Gasteiger partial charge is 0.490 e. The molecule has 4 rings (SSSR count). The molecule has 1 N–H and O–H groups in total. The second-order valence-corrected chi connectivity index (χ2v) is 7.29. The summed E-state index contributed by atoms with van der Waals surface area (Å²) in [4.78, 5) is 21.1. The normalized spacial score (nSPS) is 15.5. The Balaban J connectivity index is 1.83. The molecule has 1 atom stereocenters. The summed E-state index contributed by atoms with van der Waals surface area (Å²) in [6.45, 7) is 16.4. The standard InChI is InChI=1S/C20H22N6O2/c1-6-25-15(7-12(4)24-25)19(27)23-20-22-14-8-13(21-5)9-17-18(14)26(20)16(10-28-17)11(2)3/h7-9,11,16H,6,10H2,1-4H3,(H,22,23,27)/t16-/m1/s1. The first-order valence-electron chi connectivity index (χ1n) is 9.35. The average molecular weight is 378 g/mol. The highest BCUT2D eigenvalue weighted by Crippen LogP contribution is 2.41. The first kappa shape index (κ1) is 18.0. The number of rotatable bonds is 4. The second-order valence-electron chi connectivity index (χ2n) is 7.29. The summed E-state index contributed by atoms with van der Waals surface area (Å²) < 4.78 is 9.63. The highest BCUT2D eigenvalue weighted by molar-refractivity contribution is 6.03. The molecule has 1 aliphatic heterocycles. The van der Waals surface area contributed by atoms with Gasteiger partial charge >= 0.3 is 0 Å². The Labute approximate surface area is 162 Å². The van der Waals surface area contributed by atoms with Crippen molar-refractivity contribution in [2.24, 2.45) is 5.92 Å². The van der Waals surface area contributed by atoms with Crippen molar-refractivity contribution in [2.45, 2.75) is 40.3 Å². The van der Waals surface area contributed by atoms with Crippen LogP contribution >= 0.6 is 0 Å². The third-order valence-electron chi connectivity index (χ3n) is 5.03. The summed E-state index contributed by atoms with van der Waals surface area (Å²) in [6.07, 6.45) is 0. The van der Waals surface area contributed by atoms with Crippen LogP contribution in [0.25, 0.3) is 15.9 Å². The number of aromatic nitrogens is 4. The smallest absolute Gasteiger partial charge is 0.276 e. The van der Waals surface area contributed by atoms with Gasteiger partial charge in [0.25, 0.3) is 5.91 Å². The Morgan fingerprint density at radius 3 is 2.89 bits per heavy atom. The predicted molar refractivity (Wildman–Crippen MR) is 106 cm³/mol. The molecule has 3 aromatic rings. The van der Waals surface area contributed by atoms with Gasteiger partial charge in [-0.2, -0.15) is 5.10 Å². The van der Waals surface area contributed by atoms with Crippen molar-refractivity contribution in [3.8, 4) is 5.75 Å². The van der Waals surface area contributed by atoms with E-state index in [2.05, 4.69) is 34.1 Å². The van der Waals surface area contributed by atoms with Crippen LogP contribution in [0.4, 0.5) is 11.6 Å². The highest BCUT2D eigenvalue weighted by atomic mass is 16.5. The fourth-order valence-corrected chi connectivity index (χ4v) is 3.64. The number of aryl methyl sites for hydroxylation is 2. The van der Waals surface area contributed by atoms with Crippen LogP contribution in [0.15, 0.2) is 18.2 Å². The molecule has 0 bridgehead atoms. The molecule has 1 aliphatic rings. The van der Waals surface area contributed by atoms with Gasteiger partial charge < -0.3 is 9.30 Å². The maximum Gasteiger partial charge on any atom is 0.276 e. The first-order chi connectivity index (χ1) is 13.4. The fourth-order valence-electron chi connectivity index (χ4n) is 3.64. The minimum Gasteiger partial charge on any atom is -0.490 e. The lowest BCUT2D eigenvalue weighted by Gasteiger charge is -2.30. The number of amides is 1. The lowest BCUT2D eigenvalue weighted by molar-refractivity contribution is 0.101. The van der Waals surface area contributed by atoms with E-state index in [1.54, 1.807) is 22.9 Å². The fraction of sp³-hybridized carbons (Fsp3) is 0.400. The summed E-state index contributed by atoms with van der Waals surface area (Å²) in [7, 11) is 0. The summed E-state index contributed by atoms with van der Waals surface area (Å²) in [5, 5.41) is 7.30. The van der Waals surface area contributed by atoms with Crippen LogP contribution in [0.1, 0.15) is 43.0 Å². The van der Waals surface area contributed by atoms with Crippen molar-refractivity contribution in [2.75, 3.05) is 11.9 Å². The molecule has 0 aliphatic carbocycles. The Kier molecular flexibility index (Phi) is 4.30. The molecule has 2 aromatic heterocycles. The van der Waals surface area contributed by atoms with Gasteiger partial charge in [-0.25, -0.2) is 9.83 Å². The third kappa shape index (κ3) is 2.80. The van der Waals surface area contributed by atoms with E-state index in [9.17, 15) is 4.79 Å². The van der Waals surface area contributed by atoms with Crippen LogP contribution < -0.4 is 10.1 Å². The van der Waals surface area contributed by atoms with Crippen LogP contribution in [-0.4, -0.2) is 31.8 Å². The molecule has 8 nitrogen and oxygen atoms in total. The average Bonchev–Trinajstić information content (AvgIpc) is 3.23. The molecule has 0 spiro atoms. The van der Waals surface area contributed by atoms with Gasteiger partial charge in [0.2, 0.25) is 5.95 Å². The van der Waals surface area contributed by atoms with Crippen LogP contribution in [0, 0.1) is 19.4 Å². The summed E-state index contributed by atoms with van der Waals surface area (Å²) in [6, 6.07) is 5.25. The second kappa shape index (κ2) is 6.68. The quantitative estimate of drug-likeness (QED) is 0.697. The summed E-state index contributed by atoms with van der Waals surface area (Å²) >= 11 is 0.